The number of carbonyl (C=O) groups excluding carboxylic acids is 3. The second-order valence-electron chi connectivity index (χ2n) is 6.44. The highest BCUT2D eigenvalue weighted by Crippen LogP contribution is 2.19. The first kappa shape index (κ1) is 22.4. The van der Waals surface area contributed by atoms with Gasteiger partial charge in [0.1, 0.15) is 5.75 Å². The molecular weight excluding hydrogens is 386 g/mol. The van der Waals surface area contributed by atoms with Crippen molar-refractivity contribution in [1.29, 1.82) is 5.26 Å². The van der Waals surface area contributed by atoms with Crippen LogP contribution in [-0.4, -0.2) is 49.5 Å². The topological polar surface area (TPSA) is 109 Å². The van der Waals surface area contributed by atoms with Gasteiger partial charge >= 0.3 is 5.97 Å². The van der Waals surface area contributed by atoms with E-state index >= 15 is 0 Å². The second kappa shape index (κ2) is 10.6. The number of rotatable bonds is 8. The van der Waals surface area contributed by atoms with Crippen LogP contribution >= 0.6 is 0 Å². The third-order valence-electron chi connectivity index (χ3n) is 4.31. The maximum absolute atomic E-state index is 12.6. The smallest absolute Gasteiger partial charge is 0.341 e. The van der Waals surface area contributed by atoms with Crippen LogP contribution in [0.3, 0.4) is 0 Å². The van der Waals surface area contributed by atoms with Crippen molar-refractivity contribution < 1.29 is 23.9 Å². The summed E-state index contributed by atoms with van der Waals surface area (Å²) < 4.78 is 10.3. The van der Waals surface area contributed by atoms with E-state index in [1.165, 1.54) is 32.0 Å². The number of nitriles is 1. The lowest BCUT2D eigenvalue weighted by atomic mass is 10.1. The van der Waals surface area contributed by atoms with Crippen LogP contribution in [0.15, 0.2) is 48.5 Å². The summed E-state index contributed by atoms with van der Waals surface area (Å²) in [5.41, 5.74) is 0.779. The third-order valence-corrected chi connectivity index (χ3v) is 4.31. The van der Waals surface area contributed by atoms with Gasteiger partial charge in [0.2, 0.25) is 0 Å². The molecule has 0 aliphatic heterocycles. The molecule has 2 aromatic rings. The Bertz CT molecular complexity index is 950. The molecule has 0 bridgehead atoms. The van der Waals surface area contributed by atoms with Gasteiger partial charge in [0.05, 0.1) is 30.9 Å². The van der Waals surface area contributed by atoms with Crippen molar-refractivity contribution in [2.24, 2.45) is 0 Å². The molecular formula is C22H23N3O5. The summed E-state index contributed by atoms with van der Waals surface area (Å²) in [6.07, 6.45) is -0.852. The number of nitrogens with zero attached hydrogens (tertiary/aromatic N) is 2. The number of benzene rings is 2. The Morgan fingerprint density at radius 3 is 2.43 bits per heavy atom. The SMILES string of the molecule is COc1ccc(C(=O)Nc2ccccc2C(=O)O[C@@H](C)C(=O)N(C)CCC#N)cc1. The monoisotopic (exact) mass is 409 g/mol. The van der Waals surface area contributed by atoms with Gasteiger partial charge in [0.25, 0.3) is 11.8 Å². The summed E-state index contributed by atoms with van der Waals surface area (Å²) in [6, 6.07) is 14.9. The number of ether oxygens (including phenoxy) is 2. The fourth-order valence-electron chi connectivity index (χ4n) is 2.62. The summed E-state index contributed by atoms with van der Waals surface area (Å²) in [6.45, 7) is 1.70. The summed E-state index contributed by atoms with van der Waals surface area (Å²) in [5.74, 6) is -0.944. The molecule has 0 heterocycles. The maximum Gasteiger partial charge on any atom is 0.341 e. The van der Waals surface area contributed by atoms with Gasteiger partial charge in [-0.05, 0) is 43.3 Å². The van der Waals surface area contributed by atoms with Gasteiger partial charge in [-0.1, -0.05) is 12.1 Å². The van der Waals surface area contributed by atoms with E-state index < -0.39 is 23.9 Å². The van der Waals surface area contributed by atoms with E-state index in [2.05, 4.69) is 5.32 Å². The Morgan fingerprint density at radius 1 is 1.13 bits per heavy atom. The number of nitrogens with one attached hydrogen (secondary N) is 1. The van der Waals surface area contributed by atoms with Crippen molar-refractivity contribution in [3.05, 3.63) is 59.7 Å². The van der Waals surface area contributed by atoms with Gasteiger partial charge in [-0.15, -0.1) is 0 Å². The standard InChI is InChI=1S/C22H23N3O5/c1-15(21(27)25(2)14-6-13-23)30-22(28)18-7-4-5-8-19(18)24-20(26)16-9-11-17(29-3)12-10-16/h4-5,7-12,15H,6,14H2,1-3H3,(H,24,26)/t15-/m0/s1. The van der Waals surface area contributed by atoms with Gasteiger partial charge in [-0.2, -0.15) is 5.26 Å². The fraction of sp³-hybridized carbons (Fsp3) is 0.273. The molecule has 156 valence electrons. The Morgan fingerprint density at radius 2 is 1.80 bits per heavy atom. The first-order valence-corrected chi connectivity index (χ1v) is 9.24. The average molecular weight is 409 g/mol. The average Bonchev–Trinajstić information content (AvgIpc) is 2.77. The molecule has 0 saturated carbocycles. The molecule has 0 unspecified atom stereocenters. The molecule has 0 radical (unpaired) electrons. The number of likely N-dealkylation sites (N-methyl/N-ethyl adjacent to an activating group) is 1. The number of carbonyl (C=O) groups is 3. The normalized spacial score (nSPS) is 11.0. The molecule has 8 nitrogen and oxygen atoms in total. The number of para-hydroxylation sites is 1. The van der Waals surface area contributed by atoms with Crippen molar-refractivity contribution in [2.45, 2.75) is 19.4 Å². The number of methoxy groups -OCH3 is 1. The number of anilines is 1. The minimum Gasteiger partial charge on any atom is -0.497 e. The lowest BCUT2D eigenvalue weighted by molar-refractivity contribution is -0.138. The molecule has 30 heavy (non-hydrogen) atoms. The van der Waals surface area contributed by atoms with Crippen LogP contribution < -0.4 is 10.1 Å². The third kappa shape index (κ3) is 5.82. The summed E-state index contributed by atoms with van der Waals surface area (Å²) in [7, 11) is 3.07. The maximum atomic E-state index is 12.6. The van der Waals surface area contributed by atoms with Crippen LogP contribution in [-0.2, 0) is 9.53 Å². The predicted molar refractivity (Wildman–Crippen MR) is 110 cm³/mol. The molecule has 2 aromatic carbocycles. The highest BCUT2D eigenvalue weighted by atomic mass is 16.5. The molecule has 0 saturated heterocycles. The number of hydrogen-bond donors (Lipinski definition) is 1. The first-order valence-electron chi connectivity index (χ1n) is 9.24. The van der Waals surface area contributed by atoms with E-state index in [0.29, 0.717) is 11.3 Å². The molecule has 1 atom stereocenters. The van der Waals surface area contributed by atoms with Crippen LogP contribution in [0.25, 0.3) is 0 Å². The zero-order chi connectivity index (χ0) is 22.1. The highest BCUT2D eigenvalue weighted by molar-refractivity contribution is 6.08. The molecule has 2 rings (SSSR count). The fourth-order valence-corrected chi connectivity index (χ4v) is 2.62. The van der Waals surface area contributed by atoms with Crippen LogP contribution in [0, 0.1) is 11.3 Å². The lowest BCUT2D eigenvalue weighted by Crippen LogP contribution is -2.38. The minimum atomic E-state index is -1.04. The van der Waals surface area contributed by atoms with Gasteiger partial charge in [0, 0.05) is 19.2 Å². The van der Waals surface area contributed by atoms with E-state index in [9.17, 15) is 14.4 Å². The molecule has 2 amide bonds. The predicted octanol–water partition coefficient (Wildman–Crippen LogP) is 2.86. The molecule has 0 aliphatic carbocycles. The van der Waals surface area contributed by atoms with E-state index in [1.807, 2.05) is 6.07 Å². The van der Waals surface area contributed by atoms with Gasteiger partial charge in [-0.3, -0.25) is 9.59 Å². The van der Waals surface area contributed by atoms with E-state index in [1.54, 1.807) is 42.5 Å². The van der Waals surface area contributed by atoms with Gasteiger partial charge < -0.3 is 19.7 Å². The zero-order valence-electron chi connectivity index (χ0n) is 17.0. The Labute approximate surface area is 175 Å². The molecule has 1 N–H and O–H groups in total. The molecule has 0 spiro atoms. The van der Waals surface area contributed by atoms with E-state index in [0.717, 1.165) is 0 Å². The first-order chi connectivity index (χ1) is 14.4. The van der Waals surface area contributed by atoms with E-state index in [4.69, 9.17) is 14.7 Å². The molecule has 8 heteroatoms. The molecule has 0 aromatic heterocycles. The summed E-state index contributed by atoms with van der Waals surface area (Å²) >= 11 is 0. The minimum absolute atomic E-state index is 0.124. The lowest BCUT2D eigenvalue weighted by Gasteiger charge is -2.21. The Balaban J connectivity index is 2.09. The largest absolute Gasteiger partial charge is 0.497 e. The summed E-state index contributed by atoms with van der Waals surface area (Å²) in [4.78, 5) is 38.7. The van der Waals surface area contributed by atoms with Crippen LogP contribution in [0.2, 0.25) is 0 Å². The van der Waals surface area contributed by atoms with E-state index in [-0.39, 0.29) is 24.2 Å². The zero-order valence-corrected chi connectivity index (χ0v) is 17.0. The quantitative estimate of drug-likeness (QED) is 0.672. The number of esters is 1. The molecule has 0 fully saturated rings. The van der Waals surface area contributed by atoms with Crippen molar-refractivity contribution >= 4 is 23.5 Å². The van der Waals surface area contributed by atoms with Crippen LogP contribution in [0.4, 0.5) is 5.69 Å². The van der Waals surface area contributed by atoms with Gasteiger partial charge in [-0.25, -0.2) is 4.79 Å². The Kier molecular flexibility index (Phi) is 7.94. The van der Waals surface area contributed by atoms with Crippen molar-refractivity contribution in [3.63, 3.8) is 0 Å². The van der Waals surface area contributed by atoms with Crippen LogP contribution in [0.5, 0.6) is 5.75 Å². The number of hydrogen-bond acceptors (Lipinski definition) is 6. The van der Waals surface area contributed by atoms with Crippen LogP contribution in [0.1, 0.15) is 34.1 Å². The van der Waals surface area contributed by atoms with Crippen molar-refractivity contribution in [3.8, 4) is 11.8 Å². The number of amides is 2. The summed E-state index contributed by atoms with van der Waals surface area (Å²) in [5, 5.41) is 11.3. The molecule has 0 aliphatic rings. The van der Waals surface area contributed by atoms with Gasteiger partial charge in [0.15, 0.2) is 6.10 Å². The highest BCUT2D eigenvalue weighted by Gasteiger charge is 2.23. The van der Waals surface area contributed by atoms with Crippen molar-refractivity contribution in [1.82, 2.24) is 4.90 Å². The Hall–Kier alpha value is -3.86. The second-order valence-corrected chi connectivity index (χ2v) is 6.44. The van der Waals surface area contributed by atoms with Crippen molar-refractivity contribution in [2.75, 3.05) is 26.0 Å².